The number of anilines is 1. The predicted octanol–water partition coefficient (Wildman–Crippen LogP) is 4.94. The Morgan fingerprint density at radius 3 is 2.54 bits per heavy atom. The van der Waals surface area contributed by atoms with Gasteiger partial charge in [-0.15, -0.1) is 0 Å². The molecule has 1 aliphatic heterocycles. The third kappa shape index (κ3) is 4.89. The molecule has 1 aromatic carbocycles. The molecule has 1 heterocycles. The minimum atomic E-state index is -0.458. The number of benzene rings is 1. The number of nitrogens with zero attached hydrogens (tertiary/aromatic N) is 1. The third-order valence-corrected chi connectivity index (χ3v) is 4.63. The van der Waals surface area contributed by atoms with Gasteiger partial charge in [-0.3, -0.25) is 0 Å². The summed E-state index contributed by atoms with van der Waals surface area (Å²) in [4.78, 5) is 14.7. The van der Waals surface area contributed by atoms with Crippen molar-refractivity contribution in [2.45, 2.75) is 77.4 Å². The number of ether oxygens (including phenoxy) is 1. The van der Waals surface area contributed by atoms with Gasteiger partial charge in [-0.05, 0) is 57.7 Å². The number of piperidine rings is 1. The molecule has 0 spiro atoms. The smallest absolute Gasteiger partial charge is 0.410 e. The van der Waals surface area contributed by atoms with Crippen LogP contribution in [0.2, 0.25) is 0 Å². The van der Waals surface area contributed by atoms with Crippen molar-refractivity contribution >= 4 is 11.8 Å². The molecule has 1 amide bonds. The van der Waals surface area contributed by atoms with Crippen LogP contribution >= 0.6 is 0 Å². The lowest BCUT2D eigenvalue weighted by molar-refractivity contribution is 0.00499. The molecule has 2 N–H and O–H groups in total. The molecule has 2 atom stereocenters. The van der Waals surface area contributed by atoms with E-state index in [1.165, 1.54) is 5.56 Å². The van der Waals surface area contributed by atoms with E-state index in [0.717, 1.165) is 44.3 Å². The summed E-state index contributed by atoms with van der Waals surface area (Å²) in [6.07, 6.45) is 5.21. The van der Waals surface area contributed by atoms with Crippen LogP contribution in [-0.2, 0) is 4.74 Å². The molecule has 2 unspecified atom stereocenters. The molecule has 0 saturated carbocycles. The summed E-state index contributed by atoms with van der Waals surface area (Å²) >= 11 is 0. The SMILES string of the molecule is CCCCC1C(c2ccc(N)cc2)CCCN1C(=O)OC(C)(C)C. The van der Waals surface area contributed by atoms with Crippen LogP contribution in [0, 0.1) is 0 Å². The van der Waals surface area contributed by atoms with Crippen molar-refractivity contribution in [1.82, 2.24) is 4.90 Å². The number of likely N-dealkylation sites (tertiary alicyclic amines) is 1. The van der Waals surface area contributed by atoms with Gasteiger partial charge in [0.25, 0.3) is 0 Å². The Labute approximate surface area is 146 Å². The second-order valence-corrected chi connectivity index (χ2v) is 7.80. The summed E-state index contributed by atoms with van der Waals surface area (Å²) in [5.74, 6) is 0.360. The van der Waals surface area contributed by atoms with E-state index < -0.39 is 5.60 Å². The Kier molecular flexibility index (Phi) is 6.14. The molecule has 24 heavy (non-hydrogen) atoms. The van der Waals surface area contributed by atoms with Crippen molar-refractivity contribution in [2.24, 2.45) is 0 Å². The van der Waals surface area contributed by atoms with Crippen molar-refractivity contribution in [1.29, 1.82) is 0 Å². The van der Waals surface area contributed by atoms with E-state index >= 15 is 0 Å². The van der Waals surface area contributed by atoms with Gasteiger partial charge in [-0.1, -0.05) is 31.9 Å². The topological polar surface area (TPSA) is 55.6 Å². The van der Waals surface area contributed by atoms with E-state index in [4.69, 9.17) is 10.5 Å². The number of amides is 1. The first-order valence-corrected chi connectivity index (χ1v) is 9.17. The number of hydrogen-bond donors (Lipinski definition) is 1. The van der Waals surface area contributed by atoms with Crippen LogP contribution in [0.15, 0.2) is 24.3 Å². The zero-order chi connectivity index (χ0) is 17.7. The van der Waals surface area contributed by atoms with Gasteiger partial charge in [-0.25, -0.2) is 4.79 Å². The minimum Gasteiger partial charge on any atom is -0.444 e. The molecule has 0 aromatic heterocycles. The maximum atomic E-state index is 12.7. The number of carbonyl (C=O) groups excluding carboxylic acids is 1. The highest BCUT2D eigenvalue weighted by molar-refractivity contribution is 5.69. The van der Waals surface area contributed by atoms with E-state index in [1.807, 2.05) is 37.8 Å². The van der Waals surface area contributed by atoms with Gasteiger partial charge in [-0.2, -0.15) is 0 Å². The summed E-state index contributed by atoms with van der Waals surface area (Å²) in [5.41, 5.74) is 7.43. The quantitative estimate of drug-likeness (QED) is 0.794. The lowest BCUT2D eigenvalue weighted by Crippen LogP contribution is -2.49. The first-order valence-electron chi connectivity index (χ1n) is 9.17. The second-order valence-electron chi connectivity index (χ2n) is 7.80. The Morgan fingerprint density at radius 2 is 1.96 bits per heavy atom. The average Bonchev–Trinajstić information content (AvgIpc) is 2.51. The van der Waals surface area contributed by atoms with E-state index in [0.29, 0.717) is 5.92 Å². The van der Waals surface area contributed by atoms with E-state index in [-0.39, 0.29) is 12.1 Å². The van der Waals surface area contributed by atoms with E-state index in [9.17, 15) is 4.79 Å². The van der Waals surface area contributed by atoms with Gasteiger partial charge in [0, 0.05) is 24.2 Å². The second kappa shape index (κ2) is 7.91. The fourth-order valence-electron chi connectivity index (χ4n) is 3.51. The molecule has 0 aliphatic carbocycles. The highest BCUT2D eigenvalue weighted by Crippen LogP contribution is 2.36. The van der Waals surface area contributed by atoms with Crippen molar-refractivity contribution in [3.8, 4) is 0 Å². The maximum absolute atomic E-state index is 12.7. The largest absolute Gasteiger partial charge is 0.444 e. The van der Waals surface area contributed by atoms with Gasteiger partial charge in [0.1, 0.15) is 5.60 Å². The van der Waals surface area contributed by atoms with Crippen LogP contribution in [-0.4, -0.2) is 29.2 Å². The number of unbranched alkanes of at least 4 members (excludes halogenated alkanes) is 1. The zero-order valence-electron chi connectivity index (χ0n) is 15.5. The number of rotatable bonds is 4. The Bertz CT molecular complexity index is 534. The van der Waals surface area contributed by atoms with Crippen LogP contribution in [0.25, 0.3) is 0 Å². The standard InChI is InChI=1S/C20H32N2O2/c1-5-6-9-18-17(15-10-12-16(21)13-11-15)8-7-14-22(18)19(23)24-20(2,3)4/h10-13,17-18H,5-9,14,21H2,1-4H3. The Hall–Kier alpha value is -1.71. The third-order valence-electron chi connectivity index (χ3n) is 4.63. The van der Waals surface area contributed by atoms with E-state index in [1.54, 1.807) is 0 Å². The summed E-state index contributed by atoms with van der Waals surface area (Å²) in [5, 5.41) is 0. The predicted molar refractivity (Wildman–Crippen MR) is 99.1 cm³/mol. The number of carbonyl (C=O) groups is 1. The van der Waals surface area contributed by atoms with Crippen LogP contribution in [0.1, 0.15) is 71.3 Å². The highest BCUT2D eigenvalue weighted by Gasteiger charge is 2.36. The van der Waals surface area contributed by atoms with Crippen LogP contribution in [0.3, 0.4) is 0 Å². The first-order chi connectivity index (χ1) is 11.3. The monoisotopic (exact) mass is 332 g/mol. The summed E-state index contributed by atoms with van der Waals surface area (Å²) in [6.45, 7) is 8.75. The van der Waals surface area contributed by atoms with Crippen LogP contribution in [0.4, 0.5) is 10.5 Å². The Balaban J connectivity index is 2.22. The van der Waals surface area contributed by atoms with Gasteiger partial charge in [0.05, 0.1) is 0 Å². The molecule has 1 aromatic rings. The fourth-order valence-corrected chi connectivity index (χ4v) is 3.51. The molecule has 134 valence electrons. The average molecular weight is 332 g/mol. The van der Waals surface area contributed by atoms with Gasteiger partial charge in [0.2, 0.25) is 0 Å². The zero-order valence-corrected chi connectivity index (χ0v) is 15.5. The Morgan fingerprint density at radius 1 is 1.29 bits per heavy atom. The lowest BCUT2D eigenvalue weighted by atomic mass is 9.81. The molecule has 2 rings (SSSR count). The summed E-state index contributed by atoms with van der Waals surface area (Å²) < 4.78 is 5.66. The number of nitrogen functional groups attached to an aromatic ring is 1. The molecule has 0 bridgehead atoms. The van der Waals surface area contributed by atoms with Crippen molar-refractivity contribution < 1.29 is 9.53 Å². The first kappa shape index (κ1) is 18.6. The van der Waals surface area contributed by atoms with Crippen molar-refractivity contribution in [2.75, 3.05) is 12.3 Å². The van der Waals surface area contributed by atoms with Gasteiger partial charge in [0.15, 0.2) is 0 Å². The highest BCUT2D eigenvalue weighted by atomic mass is 16.6. The summed E-state index contributed by atoms with van der Waals surface area (Å²) in [7, 11) is 0. The lowest BCUT2D eigenvalue weighted by Gasteiger charge is -2.42. The minimum absolute atomic E-state index is 0.177. The van der Waals surface area contributed by atoms with Crippen LogP contribution in [0.5, 0.6) is 0 Å². The molecule has 4 nitrogen and oxygen atoms in total. The number of hydrogen-bond acceptors (Lipinski definition) is 3. The normalized spacial score (nSPS) is 21.6. The molecule has 1 aliphatic rings. The summed E-state index contributed by atoms with van der Waals surface area (Å²) in [6, 6.07) is 8.34. The molecule has 4 heteroatoms. The van der Waals surface area contributed by atoms with Crippen molar-refractivity contribution in [3.63, 3.8) is 0 Å². The van der Waals surface area contributed by atoms with Crippen molar-refractivity contribution in [3.05, 3.63) is 29.8 Å². The fraction of sp³-hybridized carbons (Fsp3) is 0.650. The van der Waals surface area contributed by atoms with Gasteiger partial charge >= 0.3 is 6.09 Å². The molecule has 0 radical (unpaired) electrons. The molecule has 1 saturated heterocycles. The molecular formula is C20H32N2O2. The van der Waals surface area contributed by atoms with Gasteiger partial charge < -0.3 is 15.4 Å². The maximum Gasteiger partial charge on any atom is 0.410 e. The van der Waals surface area contributed by atoms with Crippen LogP contribution < -0.4 is 5.73 Å². The number of nitrogens with two attached hydrogens (primary N) is 1. The molecule has 1 fully saturated rings. The molecular weight excluding hydrogens is 300 g/mol. The van der Waals surface area contributed by atoms with E-state index in [2.05, 4.69) is 19.1 Å².